The van der Waals surface area contributed by atoms with Gasteiger partial charge >= 0.3 is 17.0 Å². The van der Waals surface area contributed by atoms with Crippen LogP contribution in [0.2, 0.25) is 0 Å². The second-order valence-electron chi connectivity index (χ2n) is 6.22. The Hall–Kier alpha value is -1.43. The number of esters is 1. The van der Waals surface area contributed by atoms with Gasteiger partial charge in [-0.15, -0.1) is 0 Å². The van der Waals surface area contributed by atoms with Gasteiger partial charge in [-0.2, -0.15) is 26.3 Å². The maximum absolute atomic E-state index is 11.4. The van der Waals surface area contributed by atoms with Crippen molar-refractivity contribution < 1.29 is 62.3 Å². The Morgan fingerprint density at radius 3 is 1.66 bits per heavy atom. The van der Waals surface area contributed by atoms with E-state index < -0.39 is 37.2 Å². The number of carbonyl (C=O) groups excluding carboxylic acids is 1. The molecule has 1 unspecified atom stereocenters. The molecule has 0 heterocycles. The van der Waals surface area contributed by atoms with E-state index in [4.69, 9.17) is 4.74 Å². The number of quaternary nitrogens is 1. The maximum Gasteiger partial charge on any atom is 0.480 e. The highest BCUT2D eigenvalue weighted by atomic mass is 32.3. The summed E-state index contributed by atoms with van der Waals surface area (Å²) in [6.07, 6.45) is -0.409. The van der Waals surface area contributed by atoms with E-state index in [9.17, 15) is 53.1 Å². The second kappa shape index (κ2) is 10.1. The van der Waals surface area contributed by atoms with Gasteiger partial charge in [-0.3, -0.25) is 4.48 Å². The smallest absolute Gasteiger partial charge is 0.421 e. The number of aliphatic hydroxyl groups is 1. The summed E-state index contributed by atoms with van der Waals surface area (Å²) in [6, 6.07) is 0. The molecule has 1 atom stereocenters. The van der Waals surface area contributed by atoms with Crippen LogP contribution in [0, 0.1) is 0 Å². The first-order valence-electron chi connectivity index (χ1n) is 7.15. The molecular weight excluding hydrogens is 462 g/mol. The van der Waals surface area contributed by atoms with Crippen LogP contribution in [0.1, 0.15) is 13.8 Å². The van der Waals surface area contributed by atoms with E-state index in [1.165, 1.54) is 0 Å². The number of carbonyl (C=O) groups is 1. The largest absolute Gasteiger partial charge is 0.480 e. The zero-order valence-corrected chi connectivity index (χ0v) is 17.2. The predicted molar refractivity (Wildman–Crippen MR) is 87.7 cm³/mol. The summed E-state index contributed by atoms with van der Waals surface area (Å²) in [4.78, 5) is 11.1. The normalized spacial score (nSPS) is 14.4. The number of ether oxygens (including phenoxy) is 1. The molecule has 0 rings (SSSR count). The van der Waals surface area contributed by atoms with Crippen LogP contribution in [-0.2, 0) is 29.6 Å². The standard InChI is InChI=1S/C10H20NO3.C2F6NO4S2/c1-8(2)10(13)14-7-11(4,5)6-9(3)12;3-1(4,5)14(10,11)9-15(12,13)2(6,7)8/h9,12H,1,6-7H2,2-5H3;/q+1;-1. The van der Waals surface area contributed by atoms with Crippen LogP contribution in [0.3, 0.4) is 0 Å². The molecule has 0 aliphatic heterocycles. The number of sulfonamides is 2. The third kappa shape index (κ3) is 11.4. The second-order valence-corrected chi connectivity index (χ2v) is 9.65. The van der Waals surface area contributed by atoms with E-state index in [2.05, 4.69) is 6.58 Å². The van der Waals surface area contributed by atoms with Gasteiger partial charge in [-0.25, -0.2) is 21.6 Å². The van der Waals surface area contributed by atoms with Gasteiger partial charge in [0, 0.05) is 5.57 Å². The Morgan fingerprint density at radius 1 is 1.07 bits per heavy atom. The molecule has 0 spiro atoms. The minimum absolute atomic E-state index is 0.247. The van der Waals surface area contributed by atoms with Gasteiger partial charge in [0.15, 0.2) is 20.0 Å². The Morgan fingerprint density at radius 2 is 1.41 bits per heavy atom. The fraction of sp³-hybridized carbons (Fsp3) is 0.750. The van der Waals surface area contributed by atoms with Crippen molar-refractivity contribution in [3.8, 4) is 0 Å². The first kappa shape index (κ1) is 29.8. The monoisotopic (exact) mass is 482 g/mol. The fourth-order valence-electron chi connectivity index (χ4n) is 1.34. The van der Waals surface area contributed by atoms with Crippen LogP contribution < -0.4 is 0 Å². The van der Waals surface area contributed by atoms with Crippen molar-refractivity contribution in [2.45, 2.75) is 31.0 Å². The number of nitrogens with zero attached hydrogens (tertiary/aromatic N) is 2. The zero-order valence-electron chi connectivity index (χ0n) is 15.6. The van der Waals surface area contributed by atoms with E-state index in [-0.39, 0.29) is 12.7 Å². The number of rotatable bonds is 7. The van der Waals surface area contributed by atoms with Crippen LogP contribution in [0.15, 0.2) is 12.2 Å². The van der Waals surface area contributed by atoms with Crippen molar-refractivity contribution in [2.24, 2.45) is 0 Å². The summed E-state index contributed by atoms with van der Waals surface area (Å²) in [5, 5.41) is 9.19. The molecule has 9 nitrogen and oxygen atoms in total. The molecule has 17 heteroatoms. The van der Waals surface area contributed by atoms with Crippen molar-refractivity contribution in [1.29, 1.82) is 0 Å². The lowest BCUT2D eigenvalue weighted by molar-refractivity contribution is -0.909. The highest BCUT2D eigenvalue weighted by Gasteiger charge is 2.46. The molecule has 0 bridgehead atoms. The Kier molecular flexibility index (Phi) is 10.3. The average molecular weight is 482 g/mol. The lowest BCUT2D eigenvalue weighted by Crippen LogP contribution is -2.46. The lowest BCUT2D eigenvalue weighted by atomic mass is 10.3. The third-order valence-electron chi connectivity index (χ3n) is 2.43. The molecule has 0 amide bonds. The zero-order chi connectivity index (χ0) is 24.1. The molecular formula is C12H20F6N2O7S2. The highest BCUT2D eigenvalue weighted by molar-refractivity contribution is 8.13. The first-order valence-corrected chi connectivity index (χ1v) is 10.0. The SMILES string of the molecule is C=C(C)C(=O)OC[N+](C)(C)CC(C)O.O=S(=O)([N-]S(=O)(=O)C(F)(F)F)C(F)(F)F. The predicted octanol–water partition coefficient (Wildman–Crippen LogP) is 1.58. The van der Waals surface area contributed by atoms with Gasteiger partial charge in [0.05, 0.1) is 14.1 Å². The topological polar surface area (TPSA) is 129 Å². The molecule has 0 aromatic rings. The number of hydrogen-bond donors (Lipinski definition) is 1. The van der Waals surface area contributed by atoms with Gasteiger partial charge in [0.1, 0.15) is 12.6 Å². The molecule has 0 aromatic heterocycles. The summed E-state index contributed by atoms with van der Waals surface area (Å²) in [7, 11) is -9.67. The van der Waals surface area contributed by atoms with E-state index in [1.54, 1.807) is 13.8 Å². The summed E-state index contributed by atoms with van der Waals surface area (Å²) in [6.45, 7) is 7.59. The summed E-state index contributed by atoms with van der Waals surface area (Å²) < 4.78 is 115. The van der Waals surface area contributed by atoms with Gasteiger partial charge in [0.25, 0.3) is 0 Å². The van der Waals surface area contributed by atoms with E-state index in [0.29, 0.717) is 16.6 Å². The van der Waals surface area contributed by atoms with Crippen LogP contribution in [-0.4, -0.2) is 76.9 Å². The summed E-state index contributed by atoms with van der Waals surface area (Å²) in [5.74, 6) is -0.387. The summed E-state index contributed by atoms with van der Waals surface area (Å²) in [5.41, 5.74) is -12.0. The average Bonchev–Trinajstić information content (AvgIpc) is 2.40. The van der Waals surface area contributed by atoms with Crippen molar-refractivity contribution in [3.63, 3.8) is 0 Å². The quantitative estimate of drug-likeness (QED) is 0.192. The molecule has 0 saturated heterocycles. The molecule has 29 heavy (non-hydrogen) atoms. The molecule has 0 aliphatic carbocycles. The molecule has 0 fully saturated rings. The van der Waals surface area contributed by atoms with Crippen LogP contribution in [0.5, 0.6) is 0 Å². The summed E-state index contributed by atoms with van der Waals surface area (Å²) >= 11 is 0. The van der Waals surface area contributed by atoms with E-state index in [0.717, 1.165) is 4.13 Å². The number of alkyl halides is 6. The Labute approximate surface area is 163 Å². The molecule has 1 N–H and O–H groups in total. The maximum atomic E-state index is 11.4. The van der Waals surface area contributed by atoms with Gasteiger partial charge in [-0.1, -0.05) is 6.58 Å². The van der Waals surface area contributed by atoms with Gasteiger partial charge in [-0.05, 0) is 13.8 Å². The van der Waals surface area contributed by atoms with Gasteiger partial charge in [0.2, 0.25) is 6.73 Å². The fourth-order valence-corrected chi connectivity index (χ4v) is 3.05. The minimum Gasteiger partial charge on any atom is -0.421 e. The number of likely N-dealkylation sites (N-methyl/N-ethyl adjacent to an activating group) is 1. The minimum atomic E-state index is -6.72. The lowest BCUT2D eigenvalue weighted by Gasteiger charge is -2.29. The Bertz CT molecular complexity index is 745. The first-order chi connectivity index (χ1) is 12.5. The van der Waals surface area contributed by atoms with E-state index in [1.807, 2.05) is 14.1 Å². The molecule has 0 aromatic carbocycles. The molecule has 174 valence electrons. The molecule has 0 radical (unpaired) electrons. The molecule has 0 aliphatic rings. The molecule has 0 saturated carbocycles. The van der Waals surface area contributed by atoms with Crippen LogP contribution in [0.25, 0.3) is 4.13 Å². The Balaban J connectivity index is 0. The van der Waals surface area contributed by atoms with Crippen molar-refractivity contribution in [1.82, 2.24) is 0 Å². The number of hydrogen-bond acceptors (Lipinski definition) is 7. The van der Waals surface area contributed by atoms with Gasteiger partial charge < -0.3 is 14.0 Å². The third-order valence-corrected chi connectivity index (χ3v) is 5.17. The highest BCUT2D eigenvalue weighted by Crippen LogP contribution is 2.36. The van der Waals surface area contributed by atoms with Crippen LogP contribution >= 0.6 is 0 Å². The number of halogens is 6. The van der Waals surface area contributed by atoms with E-state index >= 15 is 0 Å². The van der Waals surface area contributed by atoms with Crippen molar-refractivity contribution in [3.05, 3.63) is 16.3 Å². The van der Waals surface area contributed by atoms with Crippen molar-refractivity contribution in [2.75, 3.05) is 27.4 Å². The number of aliphatic hydroxyl groups excluding tert-OH is 1. The van der Waals surface area contributed by atoms with Crippen LogP contribution in [0.4, 0.5) is 26.3 Å². The van der Waals surface area contributed by atoms with Crippen molar-refractivity contribution >= 4 is 26.0 Å².